The van der Waals surface area contributed by atoms with E-state index in [1.54, 1.807) is 19.0 Å². The van der Waals surface area contributed by atoms with Crippen LogP contribution in [0.3, 0.4) is 0 Å². The van der Waals surface area contributed by atoms with Gasteiger partial charge in [0.15, 0.2) is 0 Å². The lowest BCUT2D eigenvalue weighted by Crippen LogP contribution is -2.65. The van der Waals surface area contributed by atoms with Crippen molar-refractivity contribution in [3.8, 4) is 0 Å². The van der Waals surface area contributed by atoms with E-state index in [0.29, 0.717) is 6.61 Å². The summed E-state index contributed by atoms with van der Waals surface area (Å²) in [6.45, 7) is 3.66. The first-order chi connectivity index (χ1) is 16.9. The van der Waals surface area contributed by atoms with Crippen LogP contribution in [0.15, 0.2) is 24.5 Å². The highest BCUT2D eigenvalue weighted by Crippen LogP contribution is 2.36. The largest absolute Gasteiger partial charge is 0.490 e. The highest BCUT2D eigenvalue weighted by atomic mass is 19.4. The highest BCUT2D eigenvalue weighted by Gasteiger charge is 2.47. The van der Waals surface area contributed by atoms with Crippen LogP contribution in [-0.4, -0.2) is 107 Å². The van der Waals surface area contributed by atoms with Crippen molar-refractivity contribution in [2.24, 2.45) is 0 Å². The minimum absolute atomic E-state index is 0.0125. The number of carboxylic acids is 2. The average molecular weight is 547 g/mol. The maximum Gasteiger partial charge on any atom is 0.490 e. The molecule has 1 atom stereocenters. The second kappa shape index (κ2) is 13.5. The second-order valence-electron chi connectivity index (χ2n) is 8.35. The number of carboxylic acid groups (broad SMARTS) is 2. The molecule has 1 unspecified atom stereocenters. The van der Waals surface area contributed by atoms with Crippen LogP contribution in [0.25, 0.3) is 0 Å². The number of likely N-dealkylation sites (tertiary alicyclic amines) is 1. The predicted molar refractivity (Wildman–Crippen MR) is 113 cm³/mol. The summed E-state index contributed by atoms with van der Waals surface area (Å²) in [5.74, 6) is -5.50. The molecule has 0 aliphatic carbocycles. The van der Waals surface area contributed by atoms with E-state index in [4.69, 9.17) is 29.3 Å². The predicted octanol–water partition coefficient (Wildman–Crippen LogP) is 2.19. The number of rotatable bonds is 5. The highest BCUT2D eigenvalue weighted by molar-refractivity contribution is 5.76. The number of hydrogen-bond donors (Lipinski definition) is 2. The van der Waals surface area contributed by atoms with Crippen LogP contribution >= 0.6 is 0 Å². The summed E-state index contributed by atoms with van der Waals surface area (Å²) < 4.78 is 75.3. The number of aliphatic carboxylic acids is 2. The van der Waals surface area contributed by atoms with Gasteiger partial charge in [0.25, 0.3) is 0 Å². The second-order valence-corrected chi connectivity index (χ2v) is 8.35. The van der Waals surface area contributed by atoms with E-state index in [9.17, 15) is 31.1 Å². The number of carbonyl (C=O) groups excluding carboxylic acids is 1. The summed E-state index contributed by atoms with van der Waals surface area (Å²) in [5, 5.41) is 14.2. The average Bonchev–Trinajstić information content (AvgIpc) is 2.77. The van der Waals surface area contributed by atoms with Crippen LogP contribution in [0.4, 0.5) is 26.3 Å². The third kappa shape index (κ3) is 11.7. The molecule has 37 heavy (non-hydrogen) atoms. The normalized spacial score (nSPS) is 18.9. The van der Waals surface area contributed by atoms with E-state index in [1.807, 2.05) is 24.5 Å². The Morgan fingerprint density at radius 1 is 1.08 bits per heavy atom. The Balaban J connectivity index is 0.000000404. The number of nitrogens with zero attached hydrogens (tertiary/aromatic N) is 3. The van der Waals surface area contributed by atoms with Gasteiger partial charge in [-0.05, 0) is 24.1 Å². The Bertz CT molecular complexity index is 867. The molecule has 0 saturated carbocycles. The summed E-state index contributed by atoms with van der Waals surface area (Å²) in [6, 6.07) is 4.09. The fourth-order valence-corrected chi connectivity index (χ4v) is 3.29. The molecule has 2 fully saturated rings. The molecular formula is C21H27F6N3O7. The lowest BCUT2D eigenvalue weighted by atomic mass is 9.84. The Kier molecular flexibility index (Phi) is 11.7. The third-order valence-corrected chi connectivity index (χ3v) is 5.05. The van der Waals surface area contributed by atoms with Crippen molar-refractivity contribution in [3.63, 3.8) is 0 Å². The molecule has 10 nitrogen and oxygen atoms in total. The van der Waals surface area contributed by atoms with Crippen LogP contribution in [-0.2, 0) is 30.4 Å². The van der Waals surface area contributed by atoms with Crippen LogP contribution < -0.4 is 0 Å². The molecule has 2 aliphatic rings. The molecule has 210 valence electrons. The van der Waals surface area contributed by atoms with E-state index in [0.717, 1.165) is 32.5 Å². The Morgan fingerprint density at radius 3 is 2.00 bits per heavy atom. The zero-order chi connectivity index (χ0) is 28.4. The number of alkyl halides is 6. The monoisotopic (exact) mass is 547 g/mol. The molecule has 16 heteroatoms. The summed E-state index contributed by atoms with van der Waals surface area (Å²) in [5.41, 5.74) is 1.19. The van der Waals surface area contributed by atoms with Crippen LogP contribution in [0.1, 0.15) is 18.4 Å². The van der Waals surface area contributed by atoms with Crippen LogP contribution in [0, 0.1) is 0 Å². The van der Waals surface area contributed by atoms with Crippen molar-refractivity contribution in [1.29, 1.82) is 0 Å². The van der Waals surface area contributed by atoms with Crippen molar-refractivity contribution in [3.05, 3.63) is 30.1 Å². The number of carbonyl (C=O) groups is 3. The minimum atomic E-state index is -5.08. The maximum atomic E-state index is 11.6. The number of amides is 1. The summed E-state index contributed by atoms with van der Waals surface area (Å²) >= 11 is 0. The molecule has 2 saturated heterocycles. The Hall–Kier alpha value is -2.98. The molecule has 0 aromatic carbocycles. The lowest BCUT2D eigenvalue weighted by Gasteiger charge is -2.53. The van der Waals surface area contributed by atoms with Crippen molar-refractivity contribution in [2.45, 2.75) is 43.4 Å². The van der Waals surface area contributed by atoms with E-state index < -0.39 is 24.3 Å². The molecule has 2 aliphatic heterocycles. The molecule has 1 spiro atoms. The number of ether oxygens (including phenoxy) is 2. The fourth-order valence-electron chi connectivity index (χ4n) is 3.29. The molecule has 0 radical (unpaired) electrons. The van der Waals surface area contributed by atoms with Crippen molar-refractivity contribution < 1.29 is 60.4 Å². The van der Waals surface area contributed by atoms with Gasteiger partial charge in [0.05, 0.1) is 11.7 Å². The van der Waals surface area contributed by atoms with Crippen LogP contribution in [0.5, 0.6) is 0 Å². The van der Waals surface area contributed by atoms with Gasteiger partial charge >= 0.3 is 24.3 Å². The number of likely N-dealkylation sites (N-methyl/N-ethyl adjacent to an activating group) is 1. The van der Waals surface area contributed by atoms with E-state index in [2.05, 4.69) is 9.88 Å². The molecular weight excluding hydrogens is 520 g/mol. The van der Waals surface area contributed by atoms with Gasteiger partial charge in [-0.15, -0.1) is 0 Å². The number of aromatic nitrogens is 1. The van der Waals surface area contributed by atoms with Gasteiger partial charge in [0.2, 0.25) is 5.91 Å². The van der Waals surface area contributed by atoms with Gasteiger partial charge in [-0.1, -0.05) is 0 Å². The van der Waals surface area contributed by atoms with E-state index in [-0.39, 0.29) is 24.2 Å². The van der Waals surface area contributed by atoms with Gasteiger partial charge in [-0.25, -0.2) is 9.59 Å². The van der Waals surface area contributed by atoms with Crippen LogP contribution in [0.2, 0.25) is 0 Å². The van der Waals surface area contributed by atoms with Crippen molar-refractivity contribution in [2.75, 3.05) is 40.4 Å². The molecule has 3 heterocycles. The number of halogens is 6. The first-order valence-corrected chi connectivity index (χ1v) is 10.6. The van der Waals surface area contributed by atoms with Gasteiger partial charge in [-0.2, -0.15) is 26.3 Å². The van der Waals surface area contributed by atoms with Gasteiger partial charge < -0.3 is 24.6 Å². The molecule has 1 aromatic rings. The topological polar surface area (TPSA) is 130 Å². The number of pyridine rings is 1. The number of hydrogen-bond acceptors (Lipinski definition) is 7. The smallest absolute Gasteiger partial charge is 0.475 e. The fraction of sp³-hybridized carbons (Fsp3) is 0.619. The molecule has 1 aromatic heterocycles. The molecule has 1 amide bonds. The summed E-state index contributed by atoms with van der Waals surface area (Å²) in [7, 11) is 3.50. The zero-order valence-corrected chi connectivity index (χ0v) is 19.9. The van der Waals surface area contributed by atoms with Crippen molar-refractivity contribution >= 4 is 17.8 Å². The molecule has 2 N–H and O–H groups in total. The summed E-state index contributed by atoms with van der Waals surface area (Å²) in [4.78, 5) is 37.4. The Morgan fingerprint density at radius 2 is 1.57 bits per heavy atom. The SMILES string of the molecule is CN(C)C(=O)COC1CCOC2(C1)CN(Cc1ccncc1)C2.O=C(O)C(F)(F)F.O=C(O)C(F)(F)F. The van der Waals surface area contributed by atoms with Gasteiger partial charge in [0.1, 0.15) is 6.61 Å². The zero-order valence-electron chi connectivity index (χ0n) is 19.9. The first kappa shape index (κ1) is 32.0. The standard InChI is InChI=1S/C17H25N3O3.2C2HF3O2/c1-19(2)16(21)11-22-15-5-8-23-17(9-15)12-20(13-17)10-14-3-6-18-7-4-14;2*3-2(4,5)1(6)7/h3-4,6-7,15H,5,8-13H2,1-2H3;2*(H,6,7). The maximum absolute atomic E-state index is 11.6. The first-order valence-electron chi connectivity index (χ1n) is 10.6. The third-order valence-electron chi connectivity index (χ3n) is 5.05. The van der Waals surface area contributed by atoms with E-state index in [1.165, 1.54) is 5.56 Å². The minimum Gasteiger partial charge on any atom is -0.475 e. The van der Waals surface area contributed by atoms with Gasteiger partial charge in [0, 0.05) is 59.2 Å². The molecule has 0 bridgehead atoms. The Labute approximate surface area is 207 Å². The van der Waals surface area contributed by atoms with Crippen molar-refractivity contribution in [1.82, 2.24) is 14.8 Å². The van der Waals surface area contributed by atoms with E-state index >= 15 is 0 Å². The molecule has 3 rings (SSSR count). The summed E-state index contributed by atoms with van der Waals surface area (Å²) in [6.07, 6.45) is -4.65. The quantitative estimate of drug-likeness (QED) is 0.533. The van der Waals surface area contributed by atoms with Gasteiger partial charge in [-0.3, -0.25) is 14.7 Å². The lowest BCUT2D eigenvalue weighted by molar-refractivity contribution is -0.200.